The first kappa shape index (κ1) is 12.4. The van der Waals surface area contributed by atoms with Crippen LogP contribution in [-0.2, 0) is 11.2 Å². The summed E-state index contributed by atoms with van der Waals surface area (Å²) in [6, 6.07) is 7.90. The number of nitrogen functional groups attached to an aromatic ring is 1. The third-order valence-corrected chi connectivity index (χ3v) is 5.01. The Morgan fingerprint density at radius 1 is 1.37 bits per heavy atom. The predicted molar refractivity (Wildman–Crippen MR) is 77.4 cm³/mol. The summed E-state index contributed by atoms with van der Waals surface area (Å²) in [7, 11) is 0. The van der Waals surface area contributed by atoms with Crippen molar-refractivity contribution in [2.24, 2.45) is 0 Å². The van der Waals surface area contributed by atoms with Crippen molar-refractivity contribution in [2.45, 2.75) is 22.4 Å². The minimum atomic E-state index is -0.153. The van der Waals surface area contributed by atoms with Gasteiger partial charge in [0.1, 0.15) is 0 Å². The fourth-order valence-electron chi connectivity index (χ4n) is 1.99. The molecule has 0 saturated heterocycles. The van der Waals surface area contributed by atoms with Gasteiger partial charge in [-0.05, 0) is 24.5 Å². The lowest BCUT2D eigenvalue weighted by Crippen LogP contribution is -2.23. The second-order valence-corrected chi connectivity index (χ2v) is 6.66. The molecular formula is C12H12N4OS2. The zero-order valence-electron chi connectivity index (χ0n) is 10.00. The standard InChI is InChI=1S/C12H12N4OS2/c13-11-15-16-12(19-11)18-9-6-5-7-3-1-2-4-8(7)14-10(9)17/h1-4,9H,5-6H2,(H2,13,15)(H,14,17)/t9-/m1/s1. The van der Waals surface area contributed by atoms with Crippen molar-refractivity contribution in [2.75, 3.05) is 11.1 Å². The molecule has 7 heteroatoms. The number of carbonyl (C=O) groups excluding carboxylic acids is 1. The third kappa shape index (κ3) is 2.71. The number of benzene rings is 1. The number of rotatable bonds is 2. The number of aryl methyl sites for hydroxylation is 1. The van der Waals surface area contributed by atoms with Crippen molar-refractivity contribution >= 4 is 39.8 Å². The van der Waals surface area contributed by atoms with Crippen LogP contribution < -0.4 is 11.1 Å². The molecule has 1 aromatic carbocycles. The fourth-order valence-corrected chi connectivity index (χ4v) is 3.87. The number of nitrogens with one attached hydrogen (secondary N) is 1. The van der Waals surface area contributed by atoms with Crippen LogP contribution in [0.4, 0.5) is 10.8 Å². The summed E-state index contributed by atoms with van der Waals surface area (Å²) in [6.45, 7) is 0. The van der Waals surface area contributed by atoms with E-state index in [4.69, 9.17) is 5.73 Å². The van der Waals surface area contributed by atoms with E-state index in [1.807, 2.05) is 24.3 Å². The van der Waals surface area contributed by atoms with E-state index >= 15 is 0 Å². The van der Waals surface area contributed by atoms with Gasteiger partial charge in [-0.15, -0.1) is 10.2 Å². The Hall–Kier alpha value is -1.60. The van der Waals surface area contributed by atoms with Crippen LogP contribution in [0.3, 0.4) is 0 Å². The molecule has 2 aromatic rings. The Morgan fingerprint density at radius 2 is 2.21 bits per heavy atom. The van der Waals surface area contributed by atoms with E-state index in [9.17, 15) is 4.79 Å². The van der Waals surface area contributed by atoms with Gasteiger partial charge in [0.2, 0.25) is 11.0 Å². The molecule has 3 rings (SSSR count). The molecule has 0 aliphatic carbocycles. The molecular weight excluding hydrogens is 280 g/mol. The Balaban J connectivity index is 1.77. The van der Waals surface area contributed by atoms with Gasteiger partial charge in [-0.2, -0.15) is 0 Å². The molecule has 1 aromatic heterocycles. The number of para-hydroxylation sites is 1. The van der Waals surface area contributed by atoms with E-state index in [0.717, 1.165) is 22.9 Å². The number of thioether (sulfide) groups is 1. The topological polar surface area (TPSA) is 80.9 Å². The lowest BCUT2D eigenvalue weighted by Gasteiger charge is -2.10. The second kappa shape index (κ2) is 5.18. The average molecular weight is 292 g/mol. The number of hydrogen-bond acceptors (Lipinski definition) is 6. The van der Waals surface area contributed by atoms with Crippen molar-refractivity contribution < 1.29 is 4.79 Å². The third-order valence-electron chi connectivity index (χ3n) is 2.91. The first-order valence-electron chi connectivity index (χ1n) is 5.87. The van der Waals surface area contributed by atoms with Gasteiger partial charge in [-0.1, -0.05) is 41.3 Å². The number of amides is 1. The van der Waals surface area contributed by atoms with E-state index in [-0.39, 0.29) is 11.2 Å². The van der Waals surface area contributed by atoms with E-state index in [1.165, 1.54) is 28.7 Å². The lowest BCUT2D eigenvalue weighted by molar-refractivity contribution is -0.115. The number of nitrogens with zero attached hydrogens (tertiary/aromatic N) is 2. The van der Waals surface area contributed by atoms with Crippen molar-refractivity contribution in [3.8, 4) is 0 Å². The Bertz CT molecular complexity index is 613. The molecule has 1 aliphatic rings. The van der Waals surface area contributed by atoms with Gasteiger partial charge in [-0.3, -0.25) is 4.79 Å². The first-order valence-corrected chi connectivity index (χ1v) is 7.56. The Labute approximate surface area is 118 Å². The highest BCUT2D eigenvalue weighted by Crippen LogP contribution is 2.33. The van der Waals surface area contributed by atoms with Gasteiger partial charge in [0.25, 0.3) is 0 Å². The maximum atomic E-state index is 12.2. The molecule has 0 fully saturated rings. The SMILES string of the molecule is Nc1nnc(S[C@@H]2CCc3ccccc3NC2=O)s1. The van der Waals surface area contributed by atoms with E-state index in [2.05, 4.69) is 15.5 Å². The lowest BCUT2D eigenvalue weighted by atomic mass is 10.1. The number of carbonyl (C=O) groups is 1. The number of aromatic nitrogens is 2. The van der Waals surface area contributed by atoms with Crippen LogP contribution in [0.1, 0.15) is 12.0 Å². The van der Waals surface area contributed by atoms with Crippen molar-refractivity contribution in [3.05, 3.63) is 29.8 Å². The van der Waals surface area contributed by atoms with E-state index < -0.39 is 0 Å². The zero-order chi connectivity index (χ0) is 13.2. The van der Waals surface area contributed by atoms with Crippen LogP contribution in [0.25, 0.3) is 0 Å². The van der Waals surface area contributed by atoms with Gasteiger partial charge in [0.15, 0.2) is 4.34 Å². The molecule has 98 valence electrons. The summed E-state index contributed by atoms with van der Waals surface area (Å²) in [5.41, 5.74) is 7.64. The van der Waals surface area contributed by atoms with Crippen LogP contribution in [-0.4, -0.2) is 21.4 Å². The number of hydrogen-bond donors (Lipinski definition) is 2. The number of nitrogens with two attached hydrogens (primary N) is 1. The first-order chi connectivity index (χ1) is 9.22. The summed E-state index contributed by atoms with van der Waals surface area (Å²) in [5.74, 6) is 0.0173. The quantitative estimate of drug-likeness (QED) is 0.886. The largest absolute Gasteiger partial charge is 0.374 e. The summed E-state index contributed by atoms with van der Waals surface area (Å²) in [6.07, 6.45) is 1.66. The fraction of sp³-hybridized carbons (Fsp3) is 0.250. The van der Waals surface area contributed by atoms with Gasteiger partial charge in [0.05, 0.1) is 5.25 Å². The van der Waals surface area contributed by atoms with Crippen molar-refractivity contribution in [1.29, 1.82) is 0 Å². The smallest absolute Gasteiger partial charge is 0.237 e. The zero-order valence-corrected chi connectivity index (χ0v) is 11.6. The van der Waals surface area contributed by atoms with Crippen LogP contribution in [0, 0.1) is 0 Å². The van der Waals surface area contributed by atoms with Crippen LogP contribution in [0.15, 0.2) is 28.6 Å². The Kier molecular flexibility index (Phi) is 3.39. The molecule has 0 radical (unpaired) electrons. The minimum Gasteiger partial charge on any atom is -0.374 e. The molecule has 0 unspecified atom stereocenters. The second-order valence-electron chi connectivity index (χ2n) is 4.20. The Morgan fingerprint density at radius 3 is 3.00 bits per heavy atom. The summed E-state index contributed by atoms with van der Waals surface area (Å²) < 4.78 is 0.739. The maximum absolute atomic E-state index is 12.2. The summed E-state index contributed by atoms with van der Waals surface area (Å²) in [5, 5.41) is 11.0. The monoisotopic (exact) mass is 292 g/mol. The van der Waals surface area contributed by atoms with Crippen LogP contribution in [0.5, 0.6) is 0 Å². The van der Waals surface area contributed by atoms with Gasteiger partial charge >= 0.3 is 0 Å². The van der Waals surface area contributed by atoms with Gasteiger partial charge < -0.3 is 11.1 Å². The predicted octanol–water partition coefficient (Wildman–Crippen LogP) is 2.17. The highest BCUT2D eigenvalue weighted by Gasteiger charge is 2.25. The molecule has 1 aliphatic heterocycles. The number of fused-ring (bicyclic) bond motifs is 1. The molecule has 0 bridgehead atoms. The van der Waals surface area contributed by atoms with Crippen molar-refractivity contribution in [3.63, 3.8) is 0 Å². The maximum Gasteiger partial charge on any atom is 0.237 e. The van der Waals surface area contributed by atoms with Crippen LogP contribution >= 0.6 is 23.1 Å². The molecule has 0 spiro atoms. The summed E-state index contributed by atoms with van der Waals surface area (Å²) in [4.78, 5) is 12.2. The minimum absolute atomic E-state index is 0.0173. The molecule has 5 nitrogen and oxygen atoms in total. The van der Waals surface area contributed by atoms with Gasteiger partial charge in [-0.25, -0.2) is 0 Å². The van der Waals surface area contributed by atoms with Crippen molar-refractivity contribution in [1.82, 2.24) is 10.2 Å². The average Bonchev–Trinajstić information content (AvgIpc) is 2.74. The van der Waals surface area contributed by atoms with E-state index in [1.54, 1.807) is 0 Å². The highest BCUT2D eigenvalue weighted by molar-refractivity contribution is 8.02. The normalized spacial score (nSPS) is 18.5. The van der Waals surface area contributed by atoms with Crippen LogP contribution in [0.2, 0.25) is 0 Å². The molecule has 0 saturated carbocycles. The molecule has 3 N–H and O–H groups in total. The summed E-state index contributed by atoms with van der Waals surface area (Å²) >= 11 is 2.74. The molecule has 1 amide bonds. The number of anilines is 2. The van der Waals surface area contributed by atoms with E-state index in [0.29, 0.717) is 5.13 Å². The highest BCUT2D eigenvalue weighted by atomic mass is 32.2. The molecule has 19 heavy (non-hydrogen) atoms. The van der Waals surface area contributed by atoms with Gasteiger partial charge in [0, 0.05) is 5.69 Å². The molecule has 1 atom stereocenters. The molecule has 2 heterocycles.